The van der Waals surface area contributed by atoms with Crippen molar-refractivity contribution in [3.8, 4) is 0 Å². The molecule has 1 aliphatic rings. The van der Waals surface area contributed by atoms with Gasteiger partial charge in [-0.2, -0.15) is 0 Å². The number of aromatic amines is 1. The lowest BCUT2D eigenvalue weighted by Crippen LogP contribution is -2.17. The highest BCUT2D eigenvalue weighted by Crippen LogP contribution is 2.48. The van der Waals surface area contributed by atoms with Gasteiger partial charge in [0, 0.05) is 0 Å². The SMILES string of the molecule is O=C(O)C1(Cc2ccc3[nH]c(=O)oc3c2)CC1. The molecule has 1 saturated carbocycles. The van der Waals surface area contributed by atoms with Crippen molar-refractivity contribution in [1.82, 2.24) is 4.98 Å². The second kappa shape index (κ2) is 3.23. The number of oxazole rings is 1. The number of rotatable bonds is 3. The van der Waals surface area contributed by atoms with Gasteiger partial charge in [-0.3, -0.25) is 9.78 Å². The van der Waals surface area contributed by atoms with Crippen LogP contribution < -0.4 is 5.76 Å². The third-order valence-corrected chi connectivity index (χ3v) is 3.34. The molecule has 17 heavy (non-hydrogen) atoms. The minimum absolute atomic E-state index is 0.480. The number of benzene rings is 1. The van der Waals surface area contributed by atoms with E-state index in [0.717, 1.165) is 18.4 Å². The van der Waals surface area contributed by atoms with Gasteiger partial charge in [-0.1, -0.05) is 6.07 Å². The first-order valence-corrected chi connectivity index (χ1v) is 5.44. The molecule has 3 rings (SSSR count). The van der Waals surface area contributed by atoms with Crippen molar-refractivity contribution in [2.24, 2.45) is 5.41 Å². The Balaban J connectivity index is 1.96. The van der Waals surface area contributed by atoms with Crippen LogP contribution in [0.2, 0.25) is 0 Å². The van der Waals surface area contributed by atoms with E-state index in [9.17, 15) is 9.59 Å². The molecule has 0 saturated heterocycles. The number of H-pyrrole nitrogens is 1. The van der Waals surface area contributed by atoms with Crippen LogP contribution in [0.3, 0.4) is 0 Å². The molecule has 1 heterocycles. The molecule has 0 spiro atoms. The molecule has 0 atom stereocenters. The first-order chi connectivity index (χ1) is 8.09. The van der Waals surface area contributed by atoms with E-state index in [4.69, 9.17) is 9.52 Å². The van der Waals surface area contributed by atoms with Crippen LogP contribution in [0.5, 0.6) is 0 Å². The molecule has 5 nitrogen and oxygen atoms in total. The number of carboxylic acids is 1. The lowest BCUT2D eigenvalue weighted by molar-refractivity contribution is -0.143. The number of hydrogen-bond donors (Lipinski definition) is 2. The topological polar surface area (TPSA) is 83.3 Å². The number of aromatic nitrogens is 1. The van der Waals surface area contributed by atoms with Gasteiger partial charge in [0.2, 0.25) is 0 Å². The van der Waals surface area contributed by atoms with E-state index in [0.29, 0.717) is 17.5 Å². The Labute approximate surface area is 96.1 Å². The molecule has 0 radical (unpaired) electrons. The smallest absolute Gasteiger partial charge is 0.417 e. The number of carbonyl (C=O) groups is 1. The molecule has 0 bridgehead atoms. The molecule has 1 aromatic heterocycles. The van der Waals surface area contributed by atoms with Gasteiger partial charge >= 0.3 is 11.7 Å². The molecule has 88 valence electrons. The Morgan fingerprint density at radius 2 is 2.24 bits per heavy atom. The molecule has 5 heteroatoms. The van der Waals surface area contributed by atoms with Crippen molar-refractivity contribution < 1.29 is 14.3 Å². The number of aliphatic carboxylic acids is 1. The Hall–Kier alpha value is -2.04. The van der Waals surface area contributed by atoms with Gasteiger partial charge < -0.3 is 9.52 Å². The Kier molecular flexibility index (Phi) is 1.92. The predicted molar refractivity (Wildman–Crippen MR) is 59.8 cm³/mol. The molecule has 0 amide bonds. The molecule has 2 aromatic rings. The lowest BCUT2D eigenvalue weighted by Gasteiger charge is -2.08. The zero-order valence-corrected chi connectivity index (χ0v) is 9.03. The molecule has 1 aliphatic carbocycles. The number of hydrogen-bond acceptors (Lipinski definition) is 3. The fourth-order valence-corrected chi connectivity index (χ4v) is 2.11. The standard InChI is InChI=1S/C12H11NO4/c14-10(15)12(3-4-12)6-7-1-2-8-9(5-7)17-11(16)13-8/h1-2,5H,3-4,6H2,(H,13,16)(H,14,15). The quantitative estimate of drug-likeness (QED) is 0.842. The molecule has 0 aliphatic heterocycles. The van der Waals surface area contributed by atoms with Crippen LogP contribution in [0, 0.1) is 5.41 Å². The molecular weight excluding hydrogens is 222 g/mol. The average molecular weight is 233 g/mol. The summed E-state index contributed by atoms with van der Waals surface area (Å²) in [6, 6.07) is 5.31. The highest BCUT2D eigenvalue weighted by atomic mass is 16.4. The van der Waals surface area contributed by atoms with Crippen molar-refractivity contribution in [1.29, 1.82) is 0 Å². The van der Waals surface area contributed by atoms with E-state index in [2.05, 4.69) is 4.98 Å². The van der Waals surface area contributed by atoms with Gasteiger partial charge in [0.05, 0.1) is 10.9 Å². The molecule has 0 unspecified atom stereocenters. The maximum atomic E-state index is 11.1. The predicted octanol–water partition coefficient (Wildman–Crippen LogP) is 1.53. The van der Waals surface area contributed by atoms with Gasteiger partial charge in [0.15, 0.2) is 5.58 Å². The summed E-state index contributed by atoms with van der Waals surface area (Å²) in [5, 5.41) is 9.10. The molecule has 1 aromatic carbocycles. The van der Waals surface area contributed by atoms with Gasteiger partial charge in [-0.25, -0.2) is 4.79 Å². The third-order valence-electron chi connectivity index (χ3n) is 3.34. The molecular formula is C12H11NO4. The van der Waals surface area contributed by atoms with E-state index < -0.39 is 17.1 Å². The Bertz CT molecular complexity index is 648. The summed E-state index contributed by atoms with van der Waals surface area (Å²) < 4.78 is 4.95. The van der Waals surface area contributed by atoms with Crippen LogP contribution in [0.1, 0.15) is 18.4 Å². The Morgan fingerprint density at radius 1 is 1.47 bits per heavy atom. The van der Waals surface area contributed by atoms with Crippen LogP contribution in [-0.4, -0.2) is 16.1 Å². The van der Waals surface area contributed by atoms with Crippen molar-refractivity contribution in [2.75, 3.05) is 0 Å². The normalized spacial score (nSPS) is 17.2. The van der Waals surface area contributed by atoms with Crippen molar-refractivity contribution in [2.45, 2.75) is 19.3 Å². The highest BCUT2D eigenvalue weighted by molar-refractivity contribution is 5.79. The van der Waals surface area contributed by atoms with Crippen LogP contribution >= 0.6 is 0 Å². The van der Waals surface area contributed by atoms with Gasteiger partial charge in [0.1, 0.15) is 0 Å². The Morgan fingerprint density at radius 3 is 2.88 bits per heavy atom. The second-order valence-corrected chi connectivity index (χ2v) is 4.61. The van der Waals surface area contributed by atoms with Crippen molar-refractivity contribution in [3.05, 3.63) is 34.3 Å². The summed E-state index contributed by atoms with van der Waals surface area (Å²) in [5.74, 6) is -1.23. The van der Waals surface area contributed by atoms with Crippen LogP contribution in [0.15, 0.2) is 27.4 Å². The zero-order chi connectivity index (χ0) is 12.0. The van der Waals surface area contributed by atoms with Crippen LogP contribution in [0.25, 0.3) is 11.1 Å². The lowest BCUT2D eigenvalue weighted by atomic mass is 9.96. The maximum absolute atomic E-state index is 11.1. The number of nitrogens with one attached hydrogen (secondary N) is 1. The summed E-state index contributed by atoms with van der Waals surface area (Å²) in [7, 11) is 0. The summed E-state index contributed by atoms with van der Waals surface area (Å²) in [6.07, 6.45) is 1.93. The average Bonchev–Trinajstić information content (AvgIpc) is 2.94. The van der Waals surface area contributed by atoms with E-state index >= 15 is 0 Å². The second-order valence-electron chi connectivity index (χ2n) is 4.61. The highest BCUT2D eigenvalue weighted by Gasteiger charge is 2.49. The summed E-state index contributed by atoms with van der Waals surface area (Å²) in [6.45, 7) is 0. The monoisotopic (exact) mass is 233 g/mol. The number of fused-ring (bicyclic) bond motifs is 1. The van der Waals surface area contributed by atoms with Crippen LogP contribution in [-0.2, 0) is 11.2 Å². The molecule has 2 N–H and O–H groups in total. The number of carboxylic acid groups (broad SMARTS) is 1. The van der Waals surface area contributed by atoms with E-state index in [1.165, 1.54) is 0 Å². The van der Waals surface area contributed by atoms with Gasteiger partial charge in [0.25, 0.3) is 0 Å². The van der Waals surface area contributed by atoms with E-state index in [1.807, 2.05) is 6.07 Å². The summed E-state index contributed by atoms with van der Waals surface area (Å²) in [5.41, 5.74) is 1.41. The van der Waals surface area contributed by atoms with Gasteiger partial charge in [-0.05, 0) is 37.0 Å². The van der Waals surface area contributed by atoms with Crippen molar-refractivity contribution in [3.63, 3.8) is 0 Å². The zero-order valence-electron chi connectivity index (χ0n) is 9.03. The largest absolute Gasteiger partial charge is 0.481 e. The van der Waals surface area contributed by atoms with Gasteiger partial charge in [-0.15, -0.1) is 0 Å². The maximum Gasteiger partial charge on any atom is 0.417 e. The first-order valence-electron chi connectivity index (χ1n) is 5.44. The van der Waals surface area contributed by atoms with E-state index in [1.54, 1.807) is 12.1 Å². The minimum atomic E-state index is -0.742. The molecule has 1 fully saturated rings. The van der Waals surface area contributed by atoms with E-state index in [-0.39, 0.29) is 0 Å². The first kappa shape index (κ1) is 10.1. The third kappa shape index (κ3) is 1.63. The summed E-state index contributed by atoms with van der Waals surface area (Å²) in [4.78, 5) is 24.6. The van der Waals surface area contributed by atoms with Crippen LogP contribution in [0.4, 0.5) is 0 Å². The van der Waals surface area contributed by atoms with Crippen molar-refractivity contribution >= 4 is 17.1 Å². The summed E-state index contributed by atoms with van der Waals surface area (Å²) >= 11 is 0. The minimum Gasteiger partial charge on any atom is -0.481 e. The fourth-order valence-electron chi connectivity index (χ4n) is 2.11. The fraction of sp³-hybridized carbons (Fsp3) is 0.333.